The third-order valence-corrected chi connectivity index (χ3v) is 5.44. The summed E-state index contributed by atoms with van der Waals surface area (Å²) in [5.74, 6) is 3.26. The van der Waals surface area contributed by atoms with Crippen molar-refractivity contribution in [2.45, 2.75) is 58.9 Å². The van der Waals surface area contributed by atoms with Crippen LogP contribution in [0.2, 0.25) is 0 Å². The molecule has 0 unspecified atom stereocenters. The maximum Gasteiger partial charge on any atom is -0.0183 e. The molecule has 0 heterocycles. The highest BCUT2D eigenvalue weighted by molar-refractivity contribution is 5.19. The highest BCUT2D eigenvalue weighted by Gasteiger charge is 2.41. The zero-order valence-electron chi connectivity index (χ0n) is 12.2. The topological polar surface area (TPSA) is 14.1 Å². The normalized spacial score (nSPS) is 42.2. The molecule has 0 aromatic rings. The summed E-state index contributed by atoms with van der Waals surface area (Å²) in [6.07, 6.45) is 7.87. The van der Waals surface area contributed by atoms with Crippen LogP contribution in [0.5, 0.6) is 0 Å². The van der Waals surface area contributed by atoms with E-state index in [4.69, 9.17) is 5.32 Å². The van der Waals surface area contributed by atoms with E-state index in [9.17, 15) is 0 Å². The fraction of sp³-hybridized carbons (Fsp3) is 0.875. The van der Waals surface area contributed by atoms with Gasteiger partial charge in [0.05, 0.1) is 0 Å². The second-order valence-electron chi connectivity index (χ2n) is 6.76. The largest absolute Gasteiger partial charge is 0.659 e. The molecule has 0 bridgehead atoms. The number of hydrogen-bond acceptors (Lipinski definition) is 0. The van der Waals surface area contributed by atoms with Crippen LogP contribution in [0.25, 0.3) is 5.32 Å². The first-order valence-electron chi connectivity index (χ1n) is 7.26. The monoisotopic (exact) mass is 234 g/mol. The third-order valence-electron chi connectivity index (χ3n) is 5.44. The van der Waals surface area contributed by atoms with E-state index in [0.29, 0.717) is 0 Å². The smallest absolute Gasteiger partial charge is 0.0183 e. The van der Waals surface area contributed by atoms with Crippen molar-refractivity contribution in [2.24, 2.45) is 23.7 Å². The minimum atomic E-state index is 0.243. The molecule has 2 aliphatic carbocycles. The first-order valence-corrected chi connectivity index (χ1v) is 7.26. The standard InChI is InChI=1S/C16H28N/c1-11(2)13-8-9-16(4,17-5)15-7-6-12(3)10-14(13)15/h10-11,13-15H,6-9H2,1-5H3/q-1/t13-,14-,15-,16+/m0/s1. The minimum absolute atomic E-state index is 0.243. The number of rotatable bonds is 2. The van der Waals surface area contributed by atoms with Crippen LogP contribution in [0, 0.1) is 23.7 Å². The van der Waals surface area contributed by atoms with Gasteiger partial charge >= 0.3 is 0 Å². The summed E-state index contributed by atoms with van der Waals surface area (Å²) in [6.45, 7) is 9.48. The molecule has 17 heavy (non-hydrogen) atoms. The first kappa shape index (κ1) is 13.1. The van der Waals surface area contributed by atoms with Gasteiger partial charge in [-0.2, -0.15) is 7.05 Å². The quantitative estimate of drug-likeness (QED) is 0.610. The van der Waals surface area contributed by atoms with Crippen molar-refractivity contribution >= 4 is 0 Å². The summed E-state index contributed by atoms with van der Waals surface area (Å²) in [5, 5.41) is 4.75. The van der Waals surface area contributed by atoms with Gasteiger partial charge in [-0.25, -0.2) is 0 Å². The van der Waals surface area contributed by atoms with E-state index in [1.807, 2.05) is 7.05 Å². The zero-order chi connectivity index (χ0) is 12.6. The van der Waals surface area contributed by atoms with E-state index in [-0.39, 0.29) is 5.54 Å². The molecule has 2 rings (SSSR count). The van der Waals surface area contributed by atoms with Crippen molar-refractivity contribution in [2.75, 3.05) is 7.05 Å². The van der Waals surface area contributed by atoms with Gasteiger partial charge in [0.2, 0.25) is 0 Å². The Kier molecular flexibility index (Phi) is 3.68. The number of nitrogens with zero attached hydrogens (tertiary/aromatic N) is 1. The van der Waals surface area contributed by atoms with Gasteiger partial charge in [-0.15, -0.1) is 5.54 Å². The molecular weight excluding hydrogens is 206 g/mol. The average Bonchev–Trinajstić information content (AvgIpc) is 2.28. The second-order valence-corrected chi connectivity index (χ2v) is 6.76. The van der Waals surface area contributed by atoms with E-state index in [1.165, 1.54) is 25.7 Å². The van der Waals surface area contributed by atoms with E-state index >= 15 is 0 Å². The van der Waals surface area contributed by atoms with Gasteiger partial charge in [0, 0.05) is 0 Å². The van der Waals surface area contributed by atoms with Crippen molar-refractivity contribution in [3.63, 3.8) is 0 Å². The minimum Gasteiger partial charge on any atom is -0.659 e. The number of fused-ring (bicyclic) bond motifs is 1. The molecular formula is C16H28N-. The molecule has 0 N–H and O–H groups in total. The van der Waals surface area contributed by atoms with Crippen LogP contribution in [0.4, 0.5) is 0 Å². The van der Waals surface area contributed by atoms with Gasteiger partial charge in [0.1, 0.15) is 0 Å². The lowest BCUT2D eigenvalue weighted by molar-refractivity contribution is 0.0823. The van der Waals surface area contributed by atoms with E-state index in [1.54, 1.807) is 5.57 Å². The summed E-state index contributed by atoms with van der Waals surface area (Å²) in [4.78, 5) is 0. The van der Waals surface area contributed by atoms with Crippen molar-refractivity contribution in [1.29, 1.82) is 0 Å². The van der Waals surface area contributed by atoms with Gasteiger partial charge < -0.3 is 5.32 Å². The van der Waals surface area contributed by atoms with Crippen LogP contribution in [0.1, 0.15) is 53.4 Å². The van der Waals surface area contributed by atoms with Crippen molar-refractivity contribution in [3.8, 4) is 0 Å². The highest BCUT2D eigenvalue weighted by atomic mass is 14.9. The third kappa shape index (κ3) is 2.31. The summed E-state index contributed by atoms with van der Waals surface area (Å²) in [7, 11) is 2.03. The van der Waals surface area contributed by atoms with Crippen LogP contribution >= 0.6 is 0 Å². The predicted octanol–water partition coefficient (Wildman–Crippen LogP) is 4.79. The Hall–Kier alpha value is -0.300. The Balaban J connectivity index is 2.29. The Morgan fingerprint density at radius 2 is 2.06 bits per heavy atom. The molecule has 0 aromatic heterocycles. The molecule has 4 atom stereocenters. The lowest BCUT2D eigenvalue weighted by atomic mass is 9.57. The highest BCUT2D eigenvalue weighted by Crippen LogP contribution is 2.52. The zero-order valence-corrected chi connectivity index (χ0v) is 12.2. The van der Waals surface area contributed by atoms with E-state index < -0.39 is 0 Å². The molecule has 2 aliphatic rings. The SMILES string of the molecule is C[N-][C@]1(C)CC[C@@H](C(C)C)[C@@H]2C=C(C)CC[C@@H]21. The first-order chi connectivity index (χ1) is 7.98. The number of hydrogen-bond donors (Lipinski definition) is 0. The van der Waals surface area contributed by atoms with Crippen LogP contribution in [-0.2, 0) is 0 Å². The van der Waals surface area contributed by atoms with Gasteiger partial charge in [-0.05, 0) is 43.4 Å². The fourth-order valence-corrected chi connectivity index (χ4v) is 4.14. The van der Waals surface area contributed by atoms with E-state index in [0.717, 1.165) is 23.7 Å². The molecule has 1 saturated carbocycles. The Morgan fingerprint density at radius 3 is 2.65 bits per heavy atom. The van der Waals surface area contributed by atoms with E-state index in [2.05, 4.69) is 33.8 Å². The maximum absolute atomic E-state index is 4.75. The molecule has 0 radical (unpaired) electrons. The molecule has 0 spiro atoms. The fourth-order valence-electron chi connectivity index (χ4n) is 4.14. The summed E-state index contributed by atoms with van der Waals surface area (Å²) >= 11 is 0. The molecule has 1 nitrogen and oxygen atoms in total. The molecule has 0 saturated heterocycles. The van der Waals surface area contributed by atoms with Crippen LogP contribution in [0.15, 0.2) is 11.6 Å². The number of allylic oxidation sites excluding steroid dienone is 2. The molecule has 0 amide bonds. The Morgan fingerprint density at radius 1 is 1.35 bits per heavy atom. The maximum atomic E-state index is 4.75. The summed E-state index contributed by atoms with van der Waals surface area (Å²) < 4.78 is 0. The lowest BCUT2D eigenvalue weighted by Crippen LogP contribution is -2.47. The summed E-state index contributed by atoms with van der Waals surface area (Å²) in [6, 6.07) is 0. The van der Waals surface area contributed by atoms with Crippen LogP contribution in [-0.4, -0.2) is 12.6 Å². The average molecular weight is 234 g/mol. The van der Waals surface area contributed by atoms with Gasteiger partial charge in [0.25, 0.3) is 0 Å². The Labute approximate surface area is 107 Å². The predicted molar refractivity (Wildman–Crippen MR) is 75.2 cm³/mol. The van der Waals surface area contributed by atoms with Crippen molar-refractivity contribution in [1.82, 2.24) is 0 Å². The van der Waals surface area contributed by atoms with Crippen molar-refractivity contribution in [3.05, 3.63) is 17.0 Å². The Bertz CT molecular complexity index is 305. The molecule has 1 heteroatoms. The van der Waals surface area contributed by atoms with Gasteiger partial charge in [-0.1, -0.05) is 45.3 Å². The molecule has 0 aliphatic heterocycles. The lowest BCUT2D eigenvalue weighted by Gasteiger charge is -2.58. The van der Waals surface area contributed by atoms with Gasteiger partial charge in [0.15, 0.2) is 0 Å². The molecule has 98 valence electrons. The second kappa shape index (κ2) is 4.76. The molecule has 0 aromatic carbocycles. The summed E-state index contributed by atoms with van der Waals surface area (Å²) in [5.41, 5.74) is 1.85. The van der Waals surface area contributed by atoms with Crippen molar-refractivity contribution < 1.29 is 0 Å². The molecule has 1 fully saturated rings. The van der Waals surface area contributed by atoms with Gasteiger partial charge in [-0.3, -0.25) is 0 Å². The van der Waals surface area contributed by atoms with Crippen LogP contribution in [0.3, 0.4) is 0 Å². The van der Waals surface area contributed by atoms with Crippen LogP contribution < -0.4 is 0 Å².